The van der Waals surface area contributed by atoms with Gasteiger partial charge in [0, 0.05) is 25.0 Å². The summed E-state index contributed by atoms with van der Waals surface area (Å²) in [5.41, 5.74) is 7.58. The van der Waals surface area contributed by atoms with Gasteiger partial charge in [-0.3, -0.25) is 4.79 Å². The molecule has 1 saturated heterocycles. The maximum atomic E-state index is 12.3. The zero-order valence-electron chi connectivity index (χ0n) is 14.5. The van der Waals surface area contributed by atoms with E-state index in [2.05, 4.69) is 34.6 Å². The van der Waals surface area contributed by atoms with Crippen molar-refractivity contribution in [2.75, 3.05) is 13.2 Å². The number of nitrogens with two attached hydrogens (primary N) is 1. The van der Waals surface area contributed by atoms with Crippen LogP contribution in [0.1, 0.15) is 29.1 Å². The van der Waals surface area contributed by atoms with E-state index >= 15 is 0 Å². The van der Waals surface area contributed by atoms with Gasteiger partial charge in [-0.2, -0.15) is 0 Å². The third-order valence-corrected chi connectivity index (χ3v) is 5.29. The zero-order chi connectivity index (χ0) is 16.8. The van der Waals surface area contributed by atoms with Crippen molar-refractivity contribution in [3.05, 3.63) is 52.0 Å². The Hall–Kier alpha value is -1.18. The number of ether oxygens (including phenoxy) is 1. The number of hydrogen-bond donors (Lipinski definition) is 2. The first-order valence-electron chi connectivity index (χ1n) is 8.28. The van der Waals surface area contributed by atoms with Crippen LogP contribution in [0, 0.1) is 0 Å². The lowest BCUT2D eigenvalue weighted by Crippen LogP contribution is -2.56. The Morgan fingerprint density at radius 2 is 1.88 bits per heavy atom. The number of carbonyl (C=O) groups is 1. The molecule has 1 fully saturated rings. The van der Waals surface area contributed by atoms with Gasteiger partial charge in [-0.1, -0.05) is 30.3 Å². The first kappa shape index (κ1) is 22.9. The topological polar surface area (TPSA) is 77.2 Å². The normalized spacial score (nSPS) is 15.4. The molecule has 1 aromatic heterocycles. The highest BCUT2D eigenvalue weighted by Gasteiger charge is 2.35. The summed E-state index contributed by atoms with van der Waals surface area (Å²) in [4.78, 5) is 16.9. The highest BCUT2D eigenvalue weighted by atomic mass is 35.5. The fourth-order valence-electron chi connectivity index (χ4n) is 2.75. The van der Waals surface area contributed by atoms with Crippen molar-refractivity contribution in [1.82, 2.24) is 10.3 Å². The van der Waals surface area contributed by atoms with Crippen LogP contribution in [0.25, 0.3) is 0 Å². The first-order valence-corrected chi connectivity index (χ1v) is 9.16. The molecule has 0 unspecified atom stereocenters. The summed E-state index contributed by atoms with van der Waals surface area (Å²) in [5.74, 6) is -0.107. The van der Waals surface area contributed by atoms with Gasteiger partial charge in [0.25, 0.3) is 0 Å². The van der Waals surface area contributed by atoms with Gasteiger partial charge in [-0.25, -0.2) is 4.98 Å². The van der Waals surface area contributed by atoms with Crippen molar-refractivity contribution < 1.29 is 9.53 Å². The SMILES string of the molecule is Cl.Cl.NC1(C(=O)NCc2csc(CCc3ccccc3)n2)CCOCC1. The van der Waals surface area contributed by atoms with Crippen molar-refractivity contribution >= 4 is 42.1 Å². The number of carbonyl (C=O) groups excluding carboxylic acids is 1. The van der Waals surface area contributed by atoms with Crippen LogP contribution in [0.15, 0.2) is 35.7 Å². The van der Waals surface area contributed by atoms with E-state index in [9.17, 15) is 4.79 Å². The number of nitrogens with zero attached hydrogens (tertiary/aromatic N) is 1. The van der Waals surface area contributed by atoms with Crippen LogP contribution in [0.4, 0.5) is 0 Å². The van der Waals surface area contributed by atoms with Gasteiger partial charge in [-0.05, 0) is 24.8 Å². The van der Waals surface area contributed by atoms with Crippen LogP contribution in [0.5, 0.6) is 0 Å². The van der Waals surface area contributed by atoms with Crippen LogP contribution in [0.2, 0.25) is 0 Å². The number of hydrogen-bond acceptors (Lipinski definition) is 5. The molecule has 1 aliphatic rings. The number of aryl methyl sites for hydroxylation is 2. The molecule has 3 N–H and O–H groups in total. The van der Waals surface area contributed by atoms with Crippen molar-refractivity contribution in [2.45, 2.75) is 37.8 Å². The summed E-state index contributed by atoms with van der Waals surface area (Å²) in [6.45, 7) is 1.52. The van der Waals surface area contributed by atoms with Gasteiger partial charge in [0.2, 0.25) is 5.91 Å². The van der Waals surface area contributed by atoms with Crippen molar-refractivity contribution in [2.24, 2.45) is 5.73 Å². The molecule has 0 atom stereocenters. The smallest absolute Gasteiger partial charge is 0.240 e. The largest absolute Gasteiger partial charge is 0.381 e. The highest BCUT2D eigenvalue weighted by molar-refractivity contribution is 7.09. The average Bonchev–Trinajstić information content (AvgIpc) is 3.07. The third-order valence-electron chi connectivity index (χ3n) is 4.34. The zero-order valence-corrected chi connectivity index (χ0v) is 16.9. The lowest BCUT2D eigenvalue weighted by Gasteiger charge is -2.31. The molecule has 3 rings (SSSR count). The minimum absolute atomic E-state index is 0. The maximum absolute atomic E-state index is 12.3. The molecule has 0 spiro atoms. The molecule has 0 bridgehead atoms. The van der Waals surface area contributed by atoms with Crippen LogP contribution in [-0.4, -0.2) is 29.6 Å². The Morgan fingerprint density at radius 1 is 1.19 bits per heavy atom. The third kappa shape index (κ3) is 6.21. The second-order valence-corrected chi connectivity index (χ2v) is 7.11. The molecule has 1 aliphatic heterocycles. The van der Waals surface area contributed by atoms with Gasteiger partial charge < -0.3 is 15.8 Å². The minimum Gasteiger partial charge on any atom is -0.381 e. The minimum atomic E-state index is -0.801. The molecule has 0 aliphatic carbocycles. The first-order chi connectivity index (χ1) is 11.7. The summed E-state index contributed by atoms with van der Waals surface area (Å²) in [7, 11) is 0. The molecule has 2 aromatic rings. The highest BCUT2D eigenvalue weighted by Crippen LogP contribution is 2.18. The van der Waals surface area contributed by atoms with Crippen LogP contribution >= 0.6 is 36.2 Å². The van der Waals surface area contributed by atoms with E-state index in [1.54, 1.807) is 11.3 Å². The molecular weight excluding hydrogens is 393 g/mol. The fraction of sp³-hybridized carbons (Fsp3) is 0.444. The summed E-state index contributed by atoms with van der Waals surface area (Å²) < 4.78 is 5.27. The molecular formula is C18H25Cl2N3O2S. The van der Waals surface area contributed by atoms with E-state index in [-0.39, 0.29) is 30.7 Å². The monoisotopic (exact) mass is 417 g/mol. The Labute approximate surface area is 170 Å². The number of aromatic nitrogens is 1. The van der Waals surface area contributed by atoms with Crippen LogP contribution < -0.4 is 11.1 Å². The van der Waals surface area contributed by atoms with Crippen molar-refractivity contribution in [3.63, 3.8) is 0 Å². The average molecular weight is 418 g/mol. The van der Waals surface area contributed by atoms with E-state index in [1.165, 1.54) is 5.56 Å². The van der Waals surface area contributed by atoms with E-state index in [4.69, 9.17) is 10.5 Å². The predicted molar refractivity (Wildman–Crippen MR) is 109 cm³/mol. The summed E-state index contributed by atoms with van der Waals surface area (Å²) >= 11 is 1.64. The maximum Gasteiger partial charge on any atom is 0.240 e. The van der Waals surface area contributed by atoms with Gasteiger partial charge in [0.05, 0.1) is 22.8 Å². The van der Waals surface area contributed by atoms with Gasteiger partial charge in [0.15, 0.2) is 0 Å². The Kier molecular flexibility index (Phi) is 9.54. The van der Waals surface area contributed by atoms with Crippen LogP contribution in [-0.2, 0) is 28.9 Å². The molecule has 144 valence electrons. The Morgan fingerprint density at radius 3 is 2.58 bits per heavy atom. The van der Waals surface area contributed by atoms with Crippen molar-refractivity contribution in [3.8, 4) is 0 Å². The van der Waals surface area contributed by atoms with Gasteiger partial charge in [0.1, 0.15) is 0 Å². The lowest BCUT2D eigenvalue weighted by atomic mass is 9.90. The fourth-order valence-corrected chi connectivity index (χ4v) is 3.55. The number of nitrogens with one attached hydrogen (secondary N) is 1. The summed E-state index contributed by atoms with van der Waals surface area (Å²) in [6, 6.07) is 10.4. The van der Waals surface area contributed by atoms with Crippen molar-refractivity contribution in [1.29, 1.82) is 0 Å². The van der Waals surface area contributed by atoms with Gasteiger partial charge >= 0.3 is 0 Å². The molecule has 8 heteroatoms. The molecule has 0 saturated carbocycles. The Bertz CT molecular complexity index is 676. The molecule has 1 amide bonds. The number of thiazole rings is 1. The lowest BCUT2D eigenvalue weighted by molar-refractivity contribution is -0.129. The van der Waals surface area contributed by atoms with E-state index in [1.807, 2.05) is 11.4 Å². The second-order valence-electron chi connectivity index (χ2n) is 6.17. The van der Waals surface area contributed by atoms with Gasteiger partial charge in [-0.15, -0.1) is 36.2 Å². The summed E-state index contributed by atoms with van der Waals surface area (Å²) in [5, 5.41) is 6.02. The van der Waals surface area contributed by atoms with E-state index < -0.39 is 5.54 Å². The van der Waals surface area contributed by atoms with E-state index in [0.29, 0.717) is 32.6 Å². The standard InChI is InChI=1S/C18H23N3O2S.2ClH/c19-18(8-10-23-11-9-18)17(22)20-12-15-13-24-16(21-15)7-6-14-4-2-1-3-5-14;;/h1-5,13H,6-12,19H2,(H,20,22);2*1H. The molecule has 2 heterocycles. The number of rotatable bonds is 6. The Balaban J connectivity index is 0.00000169. The van der Waals surface area contributed by atoms with Crippen LogP contribution in [0.3, 0.4) is 0 Å². The molecule has 5 nitrogen and oxygen atoms in total. The molecule has 0 radical (unpaired) electrons. The van der Waals surface area contributed by atoms with E-state index in [0.717, 1.165) is 23.5 Å². The second kappa shape index (κ2) is 10.8. The number of halogens is 2. The molecule has 26 heavy (non-hydrogen) atoms. The number of benzene rings is 1. The number of amides is 1. The molecule has 1 aromatic carbocycles. The summed E-state index contributed by atoms with van der Waals surface area (Å²) in [6.07, 6.45) is 3.03. The quantitative estimate of drug-likeness (QED) is 0.757. The predicted octanol–water partition coefficient (Wildman–Crippen LogP) is 2.90.